The predicted octanol–water partition coefficient (Wildman–Crippen LogP) is 0.963. The number of aliphatic hydroxyl groups is 1. The Labute approximate surface area is 102 Å². The van der Waals surface area contributed by atoms with Crippen molar-refractivity contribution in [3.05, 3.63) is 28.8 Å². The number of carbonyl (C=O) groups is 1. The van der Waals surface area contributed by atoms with Crippen LogP contribution in [-0.4, -0.2) is 31.3 Å². The molecule has 0 spiro atoms. The number of ether oxygens (including phenoxy) is 1. The summed E-state index contributed by atoms with van der Waals surface area (Å²) in [4.78, 5) is 10.9. The standard InChI is InChI=1S/C13H19NO3/c1-9-6-10(2)11(12(7-9)17-3)4-5-14-13(16)8-15/h6-7,15H,4-5,8H2,1-3H3,(H,14,16). The summed E-state index contributed by atoms with van der Waals surface area (Å²) in [5.74, 6) is 0.495. The van der Waals surface area contributed by atoms with Crippen LogP contribution in [0.25, 0.3) is 0 Å². The van der Waals surface area contributed by atoms with E-state index in [1.54, 1.807) is 7.11 Å². The Hall–Kier alpha value is -1.55. The van der Waals surface area contributed by atoms with Gasteiger partial charge in [-0.25, -0.2) is 0 Å². The molecule has 1 aromatic carbocycles. The Kier molecular flexibility index (Phi) is 4.97. The largest absolute Gasteiger partial charge is 0.496 e. The topological polar surface area (TPSA) is 58.6 Å². The number of hydrogen-bond acceptors (Lipinski definition) is 3. The van der Waals surface area contributed by atoms with E-state index in [4.69, 9.17) is 9.84 Å². The van der Waals surface area contributed by atoms with E-state index in [1.807, 2.05) is 19.9 Å². The molecule has 0 unspecified atom stereocenters. The van der Waals surface area contributed by atoms with Crippen molar-refractivity contribution in [2.24, 2.45) is 0 Å². The number of nitrogens with one attached hydrogen (secondary N) is 1. The third-order valence-corrected chi connectivity index (χ3v) is 2.64. The molecule has 0 saturated heterocycles. The second-order valence-corrected chi connectivity index (χ2v) is 4.02. The van der Waals surface area contributed by atoms with Crippen molar-refractivity contribution in [3.63, 3.8) is 0 Å². The van der Waals surface area contributed by atoms with Crippen LogP contribution in [0.3, 0.4) is 0 Å². The van der Waals surface area contributed by atoms with Gasteiger partial charge in [-0.1, -0.05) is 6.07 Å². The third kappa shape index (κ3) is 3.75. The Morgan fingerprint density at radius 3 is 2.71 bits per heavy atom. The highest BCUT2D eigenvalue weighted by Gasteiger charge is 2.08. The van der Waals surface area contributed by atoms with E-state index < -0.39 is 6.61 Å². The van der Waals surface area contributed by atoms with E-state index in [1.165, 1.54) is 0 Å². The molecule has 0 radical (unpaired) electrons. The second-order valence-electron chi connectivity index (χ2n) is 4.02. The molecule has 1 amide bonds. The highest BCUT2D eigenvalue weighted by molar-refractivity contribution is 5.76. The van der Waals surface area contributed by atoms with Gasteiger partial charge in [-0.15, -0.1) is 0 Å². The summed E-state index contributed by atoms with van der Waals surface area (Å²) in [5, 5.41) is 11.2. The predicted molar refractivity (Wildman–Crippen MR) is 66.3 cm³/mol. The van der Waals surface area contributed by atoms with Crippen molar-refractivity contribution < 1.29 is 14.6 Å². The normalized spacial score (nSPS) is 10.1. The van der Waals surface area contributed by atoms with Crippen LogP contribution in [0, 0.1) is 13.8 Å². The summed E-state index contributed by atoms with van der Waals surface area (Å²) in [6.45, 7) is 4.08. The van der Waals surface area contributed by atoms with Crippen molar-refractivity contribution in [1.29, 1.82) is 0 Å². The lowest BCUT2D eigenvalue weighted by molar-refractivity contribution is -0.123. The van der Waals surface area contributed by atoms with Crippen molar-refractivity contribution in [2.45, 2.75) is 20.3 Å². The number of carbonyl (C=O) groups excluding carboxylic acids is 1. The average Bonchev–Trinajstić information content (AvgIpc) is 2.30. The van der Waals surface area contributed by atoms with Crippen LogP contribution >= 0.6 is 0 Å². The lowest BCUT2D eigenvalue weighted by Crippen LogP contribution is -2.28. The lowest BCUT2D eigenvalue weighted by Gasteiger charge is -2.13. The van der Waals surface area contributed by atoms with E-state index in [9.17, 15) is 4.79 Å². The molecule has 0 saturated carbocycles. The first-order valence-corrected chi connectivity index (χ1v) is 5.60. The summed E-state index contributed by atoms with van der Waals surface area (Å²) >= 11 is 0. The van der Waals surface area contributed by atoms with Gasteiger partial charge in [-0.05, 0) is 43.0 Å². The Morgan fingerprint density at radius 2 is 2.12 bits per heavy atom. The molecule has 4 nitrogen and oxygen atoms in total. The molecule has 0 aliphatic carbocycles. The van der Waals surface area contributed by atoms with E-state index in [0.29, 0.717) is 13.0 Å². The van der Waals surface area contributed by atoms with Gasteiger partial charge in [-0.3, -0.25) is 4.79 Å². The third-order valence-electron chi connectivity index (χ3n) is 2.64. The maximum atomic E-state index is 10.9. The molecule has 0 heterocycles. The molecule has 0 atom stereocenters. The van der Waals surface area contributed by atoms with Gasteiger partial charge in [0.05, 0.1) is 7.11 Å². The van der Waals surface area contributed by atoms with Crippen LogP contribution < -0.4 is 10.1 Å². The Balaban J connectivity index is 2.73. The van der Waals surface area contributed by atoms with Gasteiger partial charge in [-0.2, -0.15) is 0 Å². The molecule has 4 heteroatoms. The van der Waals surface area contributed by atoms with Crippen LogP contribution in [0.1, 0.15) is 16.7 Å². The van der Waals surface area contributed by atoms with Crippen molar-refractivity contribution in [3.8, 4) is 5.75 Å². The first-order valence-electron chi connectivity index (χ1n) is 5.60. The number of aliphatic hydroxyl groups excluding tert-OH is 1. The van der Waals surface area contributed by atoms with E-state index >= 15 is 0 Å². The summed E-state index contributed by atoms with van der Waals surface area (Å²) in [6, 6.07) is 4.07. The minimum atomic E-state index is -0.468. The van der Waals surface area contributed by atoms with Gasteiger partial charge in [0.25, 0.3) is 0 Å². The SMILES string of the molecule is COc1cc(C)cc(C)c1CCNC(=O)CO. The molecule has 94 valence electrons. The maximum absolute atomic E-state index is 10.9. The number of hydrogen-bond donors (Lipinski definition) is 2. The molecule has 0 aliphatic rings. The van der Waals surface area contributed by atoms with Crippen LogP contribution in [-0.2, 0) is 11.2 Å². The number of methoxy groups -OCH3 is 1. The molecule has 17 heavy (non-hydrogen) atoms. The molecule has 1 rings (SSSR count). The van der Waals surface area contributed by atoms with Gasteiger partial charge in [0.1, 0.15) is 12.4 Å². The molecular formula is C13H19NO3. The highest BCUT2D eigenvalue weighted by atomic mass is 16.5. The first-order chi connectivity index (χ1) is 8.08. The summed E-state index contributed by atoms with van der Waals surface area (Å²) < 4.78 is 5.33. The number of aryl methyl sites for hydroxylation is 2. The number of benzene rings is 1. The molecule has 0 bridgehead atoms. The fraction of sp³-hybridized carbons (Fsp3) is 0.462. The van der Waals surface area contributed by atoms with Crippen LogP contribution in [0.5, 0.6) is 5.75 Å². The molecule has 0 aromatic heterocycles. The fourth-order valence-electron chi connectivity index (χ4n) is 1.84. The fourth-order valence-corrected chi connectivity index (χ4v) is 1.84. The molecule has 2 N–H and O–H groups in total. The quantitative estimate of drug-likeness (QED) is 0.802. The number of amides is 1. The van der Waals surface area contributed by atoms with E-state index in [0.717, 1.165) is 22.4 Å². The van der Waals surface area contributed by atoms with Gasteiger partial charge < -0.3 is 15.2 Å². The lowest BCUT2D eigenvalue weighted by atomic mass is 10.0. The first kappa shape index (κ1) is 13.5. The Morgan fingerprint density at radius 1 is 1.41 bits per heavy atom. The zero-order valence-electron chi connectivity index (χ0n) is 10.5. The monoisotopic (exact) mass is 237 g/mol. The van der Waals surface area contributed by atoms with Gasteiger partial charge in [0, 0.05) is 6.54 Å². The van der Waals surface area contributed by atoms with Crippen molar-refractivity contribution in [2.75, 3.05) is 20.3 Å². The minimum Gasteiger partial charge on any atom is -0.496 e. The smallest absolute Gasteiger partial charge is 0.245 e. The van der Waals surface area contributed by atoms with Crippen LogP contribution in [0.4, 0.5) is 0 Å². The summed E-state index contributed by atoms with van der Waals surface area (Å²) in [7, 11) is 1.64. The minimum absolute atomic E-state index is 0.353. The van der Waals surface area contributed by atoms with E-state index in [2.05, 4.69) is 11.4 Å². The maximum Gasteiger partial charge on any atom is 0.245 e. The second kappa shape index (κ2) is 6.25. The zero-order chi connectivity index (χ0) is 12.8. The average molecular weight is 237 g/mol. The van der Waals surface area contributed by atoms with Gasteiger partial charge >= 0.3 is 0 Å². The molecule has 1 aromatic rings. The van der Waals surface area contributed by atoms with E-state index in [-0.39, 0.29) is 5.91 Å². The molecule has 0 fully saturated rings. The van der Waals surface area contributed by atoms with Gasteiger partial charge in [0.2, 0.25) is 5.91 Å². The molecular weight excluding hydrogens is 218 g/mol. The Bertz CT molecular complexity index is 402. The van der Waals surface area contributed by atoms with Gasteiger partial charge in [0.15, 0.2) is 0 Å². The highest BCUT2D eigenvalue weighted by Crippen LogP contribution is 2.24. The van der Waals surface area contributed by atoms with Crippen LogP contribution in [0.15, 0.2) is 12.1 Å². The summed E-state index contributed by atoms with van der Waals surface area (Å²) in [6.07, 6.45) is 0.695. The summed E-state index contributed by atoms with van der Waals surface area (Å²) in [5.41, 5.74) is 3.40. The zero-order valence-corrected chi connectivity index (χ0v) is 10.5. The van der Waals surface area contributed by atoms with Crippen molar-refractivity contribution >= 4 is 5.91 Å². The number of rotatable bonds is 5. The molecule has 0 aliphatic heterocycles. The van der Waals surface area contributed by atoms with Crippen LogP contribution in [0.2, 0.25) is 0 Å². The van der Waals surface area contributed by atoms with Crippen molar-refractivity contribution in [1.82, 2.24) is 5.32 Å².